The van der Waals surface area contributed by atoms with Crippen LogP contribution in [0.4, 0.5) is 0 Å². The van der Waals surface area contributed by atoms with Crippen molar-refractivity contribution >= 4 is 27.5 Å². The smallest absolute Gasteiger partial charge is 0.279 e. The van der Waals surface area contributed by atoms with E-state index >= 15 is 0 Å². The van der Waals surface area contributed by atoms with E-state index in [0.29, 0.717) is 39.9 Å². The van der Waals surface area contributed by atoms with Crippen LogP contribution < -0.4 is 23.7 Å². The molecule has 0 saturated carbocycles. The first-order valence-corrected chi connectivity index (χ1v) is 9.30. The quantitative estimate of drug-likeness (QED) is 0.616. The van der Waals surface area contributed by atoms with Crippen LogP contribution in [-0.2, 0) is 6.54 Å². The summed E-state index contributed by atoms with van der Waals surface area (Å²) in [4.78, 5) is 17.7. The largest absolute Gasteiger partial charge is 0.497 e. The third-order valence-electron chi connectivity index (χ3n) is 4.28. The number of nitrogens with zero attached hydrogens (tertiary/aromatic N) is 2. The maximum atomic E-state index is 12.8. The summed E-state index contributed by atoms with van der Waals surface area (Å²) in [6.45, 7) is 4.52. The number of rotatable bonds is 5. The van der Waals surface area contributed by atoms with Gasteiger partial charge < -0.3 is 23.5 Å². The molecule has 0 spiro atoms. The van der Waals surface area contributed by atoms with Crippen molar-refractivity contribution in [2.24, 2.45) is 4.99 Å². The van der Waals surface area contributed by atoms with Crippen LogP contribution in [0.1, 0.15) is 10.4 Å². The van der Waals surface area contributed by atoms with Gasteiger partial charge in [0.2, 0.25) is 6.79 Å². The number of hydrogen-bond donors (Lipinski definition) is 0. The van der Waals surface area contributed by atoms with E-state index in [1.165, 1.54) is 25.6 Å². The molecule has 1 aliphatic heterocycles. The van der Waals surface area contributed by atoms with E-state index in [0.717, 1.165) is 10.2 Å². The molecule has 28 heavy (non-hydrogen) atoms. The molecule has 0 radical (unpaired) electrons. The molecule has 1 aliphatic rings. The van der Waals surface area contributed by atoms with Crippen LogP contribution in [0.5, 0.6) is 23.0 Å². The second kappa shape index (κ2) is 7.40. The van der Waals surface area contributed by atoms with Gasteiger partial charge in [-0.2, -0.15) is 4.99 Å². The van der Waals surface area contributed by atoms with Crippen molar-refractivity contribution in [2.75, 3.05) is 21.0 Å². The Hall–Kier alpha value is -3.26. The van der Waals surface area contributed by atoms with Crippen molar-refractivity contribution in [1.82, 2.24) is 4.57 Å². The van der Waals surface area contributed by atoms with Gasteiger partial charge in [-0.1, -0.05) is 17.4 Å². The molecule has 0 atom stereocenters. The molecule has 1 aromatic heterocycles. The Balaban J connectivity index is 1.83. The number of aromatic nitrogens is 1. The van der Waals surface area contributed by atoms with Crippen molar-refractivity contribution in [1.29, 1.82) is 0 Å². The van der Waals surface area contributed by atoms with Crippen LogP contribution >= 0.6 is 11.3 Å². The van der Waals surface area contributed by atoms with Crippen LogP contribution in [0.3, 0.4) is 0 Å². The minimum absolute atomic E-state index is 0.210. The van der Waals surface area contributed by atoms with Gasteiger partial charge in [0.25, 0.3) is 5.91 Å². The Kier molecular flexibility index (Phi) is 4.79. The Bertz CT molecular complexity index is 1120. The molecule has 0 saturated heterocycles. The molecule has 2 aromatic carbocycles. The number of hydrogen-bond acceptors (Lipinski definition) is 6. The highest BCUT2D eigenvalue weighted by atomic mass is 32.1. The van der Waals surface area contributed by atoms with E-state index in [-0.39, 0.29) is 12.7 Å². The molecule has 3 aromatic rings. The topological polar surface area (TPSA) is 71.3 Å². The normalized spacial score (nSPS) is 13.0. The molecule has 0 aliphatic carbocycles. The fraction of sp³-hybridized carbons (Fsp3) is 0.200. The number of thiazole rings is 1. The second-order valence-electron chi connectivity index (χ2n) is 5.98. The number of methoxy groups -OCH3 is 2. The summed E-state index contributed by atoms with van der Waals surface area (Å²) >= 11 is 1.40. The summed E-state index contributed by atoms with van der Waals surface area (Å²) in [5, 5.41) is 0. The zero-order valence-corrected chi connectivity index (χ0v) is 16.2. The average Bonchev–Trinajstić information content (AvgIpc) is 3.30. The zero-order chi connectivity index (χ0) is 19.7. The Labute approximate surface area is 165 Å². The van der Waals surface area contributed by atoms with Crippen molar-refractivity contribution < 1.29 is 23.7 Å². The molecule has 7 nitrogen and oxygen atoms in total. The highest BCUT2D eigenvalue weighted by molar-refractivity contribution is 7.16. The minimum atomic E-state index is -0.387. The first-order valence-electron chi connectivity index (χ1n) is 8.49. The van der Waals surface area contributed by atoms with Crippen molar-refractivity contribution in [3.8, 4) is 23.0 Å². The monoisotopic (exact) mass is 398 g/mol. The summed E-state index contributed by atoms with van der Waals surface area (Å²) < 4.78 is 24.3. The van der Waals surface area contributed by atoms with E-state index < -0.39 is 0 Å². The molecule has 0 N–H and O–H groups in total. The first kappa shape index (κ1) is 18.1. The van der Waals surface area contributed by atoms with E-state index in [4.69, 9.17) is 18.9 Å². The second-order valence-corrected chi connectivity index (χ2v) is 6.98. The summed E-state index contributed by atoms with van der Waals surface area (Å²) in [5.74, 6) is 2.04. The van der Waals surface area contributed by atoms with Gasteiger partial charge in [0.05, 0.1) is 24.4 Å². The Morgan fingerprint density at radius 3 is 2.50 bits per heavy atom. The fourth-order valence-electron chi connectivity index (χ4n) is 2.93. The molecule has 0 bridgehead atoms. The lowest BCUT2D eigenvalue weighted by molar-refractivity contribution is 0.0997. The lowest BCUT2D eigenvalue weighted by atomic mass is 10.2. The molecule has 2 heterocycles. The molecular formula is C20H18N2O5S. The Morgan fingerprint density at radius 1 is 1.18 bits per heavy atom. The highest BCUT2D eigenvalue weighted by Crippen LogP contribution is 2.37. The molecular weight excluding hydrogens is 380 g/mol. The third-order valence-corrected chi connectivity index (χ3v) is 5.33. The van der Waals surface area contributed by atoms with Gasteiger partial charge in [0, 0.05) is 30.3 Å². The van der Waals surface area contributed by atoms with E-state index in [1.54, 1.807) is 24.3 Å². The number of carbonyl (C=O) groups excluding carboxylic acids is 1. The number of ether oxygens (including phenoxy) is 4. The van der Waals surface area contributed by atoms with Gasteiger partial charge >= 0.3 is 0 Å². The van der Waals surface area contributed by atoms with Gasteiger partial charge in [-0.05, 0) is 12.1 Å². The maximum Gasteiger partial charge on any atom is 0.279 e. The first-order chi connectivity index (χ1) is 13.6. The molecule has 4 rings (SSSR count). The molecule has 0 unspecified atom stereocenters. The van der Waals surface area contributed by atoms with Gasteiger partial charge in [-0.15, -0.1) is 6.58 Å². The minimum Gasteiger partial charge on any atom is -0.497 e. The summed E-state index contributed by atoms with van der Waals surface area (Å²) in [6, 6.07) is 8.77. The van der Waals surface area contributed by atoms with Crippen molar-refractivity contribution in [2.45, 2.75) is 6.54 Å². The lowest BCUT2D eigenvalue weighted by Gasteiger charge is -2.06. The number of allylic oxidation sites excluding steroid dienone is 1. The van der Waals surface area contributed by atoms with Crippen LogP contribution in [0.2, 0.25) is 0 Å². The molecule has 8 heteroatoms. The standard InChI is InChI=1S/C20H18N2O5S/c1-4-5-22-15-9-16-17(27-11-26-16)10-18(15)28-20(22)21-19(23)12-6-13(24-2)8-14(7-12)25-3/h4,6-10H,1,5,11H2,2-3H3. The van der Waals surface area contributed by atoms with Gasteiger partial charge in [-0.3, -0.25) is 4.79 Å². The SMILES string of the molecule is C=CCn1c(=NC(=O)c2cc(OC)cc(OC)c2)sc2cc3c(cc21)OCO3. The maximum absolute atomic E-state index is 12.8. The number of carbonyl (C=O) groups is 1. The molecule has 0 fully saturated rings. The van der Waals surface area contributed by atoms with E-state index in [1.807, 2.05) is 16.7 Å². The van der Waals surface area contributed by atoms with Crippen LogP contribution in [0, 0.1) is 0 Å². The van der Waals surface area contributed by atoms with Crippen LogP contribution in [0.15, 0.2) is 48.0 Å². The van der Waals surface area contributed by atoms with E-state index in [9.17, 15) is 4.79 Å². The molecule has 1 amide bonds. The summed E-state index contributed by atoms with van der Waals surface area (Å²) in [5.41, 5.74) is 1.29. The van der Waals surface area contributed by atoms with Gasteiger partial charge in [-0.25, -0.2) is 0 Å². The Morgan fingerprint density at radius 2 is 1.86 bits per heavy atom. The summed E-state index contributed by atoms with van der Waals surface area (Å²) in [7, 11) is 3.07. The van der Waals surface area contributed by atoms with Crippen LogP contribution in [-0.4, -0.2) is 31.5 Å². The predicted molar refractivity (Wildman–Crippen MR) is 106 cm³/mol. The van der Waals surface area contributed by atoms with Crippen molar-refractivity contribution in [3.05, 3.63) is 53.4 Å². The van der Waals surface area contributed by atoms with E-state index in [2.05, 4.69) is 11.6 Å². The average molecular weight is 398 g/mol. The number of amides is 1. The van der Waals surface area contributed by atoms with Crippen LogP contribution in [0.25, 0.3) is 10.2 Å². The number of benzene rings is 2. The number of fused-ring (bicyclic) bond motifs is 2. The van der Waals surface area contributed by atoms with Crippen molar-refractivity contribution in [3.63, 3.8) is 0 Å². The highest BCUT2D eigenvalue weighted by Gasteiger charge is 2.18. The fourth-order valence-corrected chi connectivity index (χ4v) is 3.98. The summed E-state index contributed by atoms with van der Waals surface area (Å²) in [6.07, 6.45) is 1.76. The zero-order valence-electron chi connectivity index (χ0n) is 15.4. The lowest BCUT2D eigenvalue weighted by Crippen LogP contribution is -2.16. The van der Waals surface area contributed by atoms with Gasteiger partial charge in [0.15, 0.2) is 16.3 Å². The molecule has 144 valence electrons. The predicted octanol–water partition coefficient (Wildman–Crippen LogP) is 3.38. The third kappa shape index (κ3) is 3.22. The van der Waals surface area contributed by atoms with Gasteiger partial charge in [0.1, 0.15) is 11.5 Å².